The van der Waals surface area contributed by atoms with Crippen LogP contribution in [0.2, 0.25) is 0 Å². The number of nitrogens with zero attached hydrogens (tertiary/aromatic N) is 2. The summed E-state index contributed by atoms with van der Waals surface area (Å²) < 4.78 is 16.0. The molecule has 3 heterocycles. The molecule has 0 radical (unpaired) electrons. The van der Waals surface area contributed by atoms with Crippen LogP contribution in [0.1, 0.15) is 21.6 Å². The smallest absolute Gasteiger partial charge is 0.339 e. The minimum absolute atomic E-state index is 0.137. The van der Waals surface area contributed by atoms with E-state index in [-0.39, 0.29) is 6.61 Å². The number of aromatic nitrogens is 2. The van der Waals surface area contributed by atoms with Crippen LogP contribution in [0, 0.1) is 6.92 Å². The fraction of sp³-hybridized carbons (Fsp3) is 0.150. The summed E-state index contributed by atoms with van der Waals surface area (Å²) >= 11 is 1.54. The molecule has 0 bridgehead atoms. The molecule has 4 aromatic rings. The number of ether oxygens (including phenoxy) is 2. The predicted molar refractivity (Wildman–Crippen MR) is 102 cm³/mol. The van der Waals surface area contributed by atoms with Crippen LogP contribution in [-0.4, -0.2) is 23.2 Å². The summed E-state index contributed by atoms with van der Waals surface area (Å²) in [6.07, 6.45) is 0. The number of hydrogen-bond acceptors (Lipinski definition) is 7. The first-order valence-electron chi connectivity index (χ1n) is 8.26. The Bertz CT molecular complexity index is 1100. The number of hydrogen-bond donors (Lipinski definition) is 0. The van der Waals surface area contributed by atoms with Crippen molar-refractivity contribution in [3.63, 3.8) is 0 Å². The lowest BCUT2D eigenvalue weighted by atomic mass is 10.1. The third kappa shape index (κ3) is 3.41. The number of pyridine rings is 1. The maximum Gasteiger partial charge on any atom is 0.339 e. The highest BCUT2D eigenvalue weighted by molar-refractivity contribution is 7.13. The molecular formula is C20H16N2O4S. The second-order valence-electron chi connectivity index (χ2n) is 5.91. The van der Waals surface area contributed by atoms with Crippen LogP contribution in [0.15, 0.2) is 52.4 Å². The first-order chi connectivity index (χ1) is 13.2. The van der Waals surface area contributed by atoms with Gasteiger partial charge in [0.15, 0.2) is 0 Å². The molecular weight excluding hydrogens is 364 g/mol. The summed E-state index contributed by atoms with van der Waals surface area (Å²) in [5.74, 6) is 0.263. The van der Waals surface area contributed by atoms with E-state index in [4.69, 9.17) is 14.0 Å². The first kappa shape index (κ1) is 17.2. The number of thiophene rings is 1. The normalized spacial score (nSPS) is 10.9. The number of esters is 1. The van der Waals surface area contributed by atoms with Gasteiger partial charge in [0.2, 0.25) is 0 Å². The van der Waals surface area contributed by atoms with Gasteiger partial charge in [-0.1, -0.05) is 23.4 Å². The van der Waals surface area contributed by atoms with Gasteiger partial charge >= 0.3 is 5.97 Å². The minimum Gasteiger partial charge on any atom is -0.497 e. The molecule has 0 saturated heterocycles. The van der Waals surface area contributed by atoms with Crippen molar-refractivity contribution in [2.24, 2.45) is 0 Å². The molecule has 0 aliphatic rings. The van der Waals surface area contributed by atoms with Gasteiger partial charge in [-0.25, -0.2) is 9.78 Å². The molecule has 27 heavy (non-hydrogen) atoms. The third-order valence-corrected chi connectivity index (χ3v) is 5.01. The molecule has 1 aromatic carbocycles. The number of aryl methyl sites for hydroxylation is 1. The molecule has 0 amide bonds. The van der Waals surface area contributed by atoms with Gasteiger partial charge in [0.05, 0.1) is 34.3 Å². The number of carbonyl (C=O) groups is 1. The van der Waals surface area contributed by atoms with E-state index >= 15 is 0 Å². The van der Waals surface area contributed by atoms with Crippen LogP contribution < -0.4 is 4.74 Å². The first-order valence-corrected chi connectivity index (χ1v) is 9.14. The van der Waals surface area contributed by atoms with Gasteiger partial charge in [0.25, 0.3) is 5.71 Å². The van der Waals surface area contributed by atoms with E-state index in [0.29, 0.717) is 33.8 Å². The Morgan fingerprint density at radius 2 is 2.11 bits per heavy atom. The summed E-state index contributed by atoms with van der Waals surface area (Å²) in [6, 6.07) is 13.0. The lowest BCUT2D eigenvalue weighted by Crippen LogP contribution is -2.07. The Morgan fingerprint density at radius 3 is 2.89 bits per heavy atom. The minimum atomic E-state index is -0.450. The van der Waals surface area contributed by atoms with E-state index in [2.05, 4.69) is 10.1 Å². The summed E-state index contributed by atoms with van der Waals surface area (Å²) in [5, 5.41) is 6.47. The topological polar surface area (TPSA) is 74.5 Å². The van der Waals surface area contributed by atoms with Crippen molar-refractivity contribution >= 4 is 28.4 Å². The van der Waals surface area contributed by atoms with Crippen molar-refractivity contribution < 1.29 is 18.8 Å². The Balaban J connectivity index is 1.67. The van der Waals surface area contributed by atoms with Crippen LogP contribution in [0.5, 0.6) is 5.75 Å². The van der Waals surface area contributed by atoms with Crippen LogP contribution in [0.3, 0.4) is 0 Å². The predicted octanol–water partition coefficient (Wildman–Crippen LogP) is 4.63. The molecule has 136 valence electrons. The van der Waals surface area contributed by atoms with Gasteiger partial charge < -0.3 is 14.0 Å². The molecule has 0 unspecified atom stereocenters. The fourth-order valence-corrected chi connectivity index (χ4v) is 3.48. The number of fused-ring (bicyclic) bond motifs is 1. The van der Waals surface area contributed by atoms with E-state index < -0.39 is 5.97 Å². The molecule has 0 fully saturated rings. The summed E-state index contributed by atoms with van der Waals surface area (Å²) in [6.45, 7) is 1.91. The number of rotatable bonds is 5. The highest BCUT2D eigenvalue weighted by atomic mass is 32.1. The van der Waals surface area contributed by atoms with Crippen molar-refractivity contribution in [1.29, 1.82) is 0 Å². The number of methoxy groups -OCH3 is 1. The molecule has 0 atom stereocenters. The van der Waals surface area contributed by atoms with Crippen molar-refractivity contribution in [3.05, 3.63) is 64.7 Å². The van der Waals surface area contributed by atoms with Gasteiger partial charge in [0.1, 0.15) is 12.4 Å². The summed E-state index contributed by atoms with van der Waals surface area (Å²) in [7, 11) is 1.60. The van der Waals surface area contributed by atoms with Crippen LogP contribution in [0.4, 0.5) is 0 Å². The van der Waals surface area contributed by atoms with Crippen molar-refractivity contribution in [3.8, 4) is 16.3 Å². The van der Waals surface area contributed by atoms with Crippen LogP contribution in [0.25, 0.3) is 21.7 Å². The van der Waals surface area contributed by atoms with Crippen LogP contribution in [-0.2, 0) is 11.3 Å². The van der Waals surface area contributed by atoms with Gasteiger partial charge in [-0.15, -0.1) is 11.3 Å². The lowest BCUT2D eigenvalue weighted by molar-refractivity contribution is 0.0474. The fourth-order valence-electron chi connectivity index (χ4n) is 2.80. The highest BCUT2D eigenvalue weighted by Crippen LogP contribution is 2.30. The molecule has 0 spiro atoms. The Morgan fingerprint density at radius 1 is 1.22 bits per heavy atom. The van der Waals surface area contributed by atoms with E-state index in [1.54, 1.807) is 20.1 Å². The van der Waals surface area contributed by atoms with Crippen molar-refractivity contribution in [2.75, 3.05) is 7.11 Å². The summed E-state index contributed by atoms with van der Waals surface area (Å²) in [5.41, 5.74) is 2.82. The van der Waals surface area contributed by atoms with Gasteiger partial charge in [-0.3, -0.25) is 0 Å². The second kappa shape index (κ2) is 7.20. The maximum atomic E-state index is 12.8. The molecule has 3 aromatic heterocycles. The zero-order valence-electron chi connectivity index (χ0n) is 14.8. The molecule has 7 heteroatoms. The summed E-state index contributed by atoms with van der Waals surface area (Å²) in [4.78, 5) is 18.2. The molecule has 0 saturated carbocycles. The second-order valence-corrected chi connectivity index (χ2v) is 6.86. The zero-order valence-corrected chi connectivity index (χ0v) is 15.6. The number of carbonyl (C=O) groups excluding carboxylic acids is 1. The highest BCUT2D eigenvalue weighted by Gasteiger charge is 2.20. The van der Waals surface area contributed by atoms with Gasteiger partial charge in [-0.05, 0) is 42.1 Å². The largest absolute Gasteiger partial charge is 0.497 e. The molecule has 0 N–H and O–H groups in total. The van der Waals surface area contributed by atoms with Gasteiger partial charge in [-0.2, -0.15) is 0 Å². The lowest BCUT2D eigenvalue weighted by Gasteiger charge is -2.08. The standard InChI is InChI=1S/C20H16N2O4S/c1-12-18-15(20(23)25-11-13-5-3-6-14(9-13)24-2)10-16(17-7-4-8-27-17)21-19(18)26-22-12/h3-10H,11H2,1-2H3. The maximum absolute atomic E-state index is 12.8. The Labute approximate surface area is 159 Å². The Kier molecular flexibility index (Phi) is 4.60. The van der Waals surface area contributed by atoms with Crippen molar-refractivity contribution in [2.45, 2.75) is 13.5 Å². The Hall–Kier alpha value is -3.19. The zero-order chi connectivity index (χ0) is 18.8. The average Bonchev–Trinajstić information content (AvgIpc) is 3.36. The third-order valence-electron chi connectivity index (χ3n) is 4.11. The van der Waals surface area contributed by atoms with E-state index in [1.165, 1.54) is 11.3 Å². The molecule has 6 nitrogen and oxygen atoms in total. The molecule has 0 aliphatic carbocycles. The monoisotopic (exact) mass is 380 g/mol. The number of benzene rings is 1. The van der Waals surface area contributed by atoms with E-state index in [1.807, 2.05) is 41.8 Å². The van der Waals surface area contributed by atoms with E-state index in [9.17, 15) is 4.79 Å². The van der Waals surface area contributed by atoms with Crippen LogP contribution >= 0.6 is 11.3 Å². The molecule has 4 rings (SSSR count). The average molecular weight is 380 g/mol. The van der Waals surface area contributed by atoms with Gasteiger partial charge in [0, 0.05) is 0 Å². The molecule has 0 aliphatic heterocycles. The SMILES string of the molecule is COc1cccc(COC(=O)c2cc(-c3cccs3)nc3onc(C)c23)c1. The van der Waals surface area contributed by atoms with Crippen molar-refractivity contribution in [1.82, 2.24) is 10.1 Å². The quantitative estimate of drug-likeness (QED) is 0.470. The van der Waals surface area contributed by atoms with E-state index in [0.717, 1.165) is 10.4 Å².